The summed E-state index contributed by atoms with van der Waals surface area (Å²) in [7, 11) is 1.66. The van der Waals surface area contributed by atoms with Crippen molar-refractivity contribution < 1.29 is 22.7 Å². The van der Waals surface area contributed by atoms with Crippen LogP contribution < -0.4 is 10.1 Å². The number of ether oxygens (including phenoxy) is 1. The zero-order valence-electron chi connectivity index (χ0n) is 16.3. The molecule has 0 spiro atoms. The number of benzene rings is 2. The first-order chi connectivity index (χ1) is 14.3. The first kappa shape index (κ1) is 21.2. The fourth-order valence-electron chi connectivity index (χ4n) is 2.81. The highest BCUT2D eigenvalue weighted by Crippen LogP contribution is 2.22. The Morgan fingerprint density at radius 3 is 2.43 bits per heavy atom. The minimum absolute atomic E-state index is 0.183. The summed E-state index contributed by atoms with van der Waals surface area (Å²) < 4.78 is 42.2. The van der Waals surface area contributed by atoms with E-state index in [1.807, 2.05) is 36.5 Å². The van der Waals surface area contributed by atoms with Crippen LogP contribution in [-0.2, 0) is 19.6 Å². The van der Waals surface area contributed by atoms with Gasteiger partial charge >= 0.3 is 12.4 Å². The van der Waals surface area contributed by atoms with E-state index in [4.69, 9.17) is 0 Å². The van der Waals surface area contributed by atoms with E-state index in [2.05, 4.69) is 15.2 Å². The van der Waals surface area contributed by atoms with E-state index < -0.39 is 6.36 Å². The monoisotopic (exact) mass is 418 g/mol. The SMILES string of the molecule is CN(Cc1cnn(Cc2ccccc2)c1)C(=O)NCc1ccc(OC(F)(F)F)cc1. The summed E-state index contributed by atoms with van der Waals surface area (Å²) >= 11 is 0. The van der Waals surface area contributed by atoms with Crippen molar-refractivity contribution >= 4 is 6.03 Å². The van der Waals surface area contributed by atoms with E-state index in [0.29, 0.717) is 18.7 Å². The van der Waals surface area contributed by atoms with Crippen molar-refractivity contribution in [2.75, 3.05) is 7.05 Å². The van der Waals surface area contributed by atoms with Crippen LogP contribution in [0.2, 0.25) is 0 Å². The van der Waals surface area contributed by atoms with Crippen LogP contribution in [0.1, 0.15) is 16.7 Å². The predicted octanol–water partition coefficient (Wildman–Crippen LogP) is 4.17. The molecule has 1 N–H and O–H groups in total. The number of hydrogen-bond acceptors (Lipinski definition) is 3. The lowest BCUT2D eigenvalue weighted by Gasteiger charge is -2.17. The van der Waals surface area contributed by atoms with Crippen LogP contribution in [0.5, 0.6) is 5.75 Å². The second-order valence-corrected chi connectivity index (χ2v) is 6.74. The summed E-state index contributed by atoms with van der Waals surface area (Å²) in [6.45, 7) is 1.20. The molecule has 0 atom stereocenters. The van der Waals surface area contributed by atoms with Crippen molar-refractivity contribution in [3.8, 4) is 5.75 Å². The number of carbonyl (C=O) groups excluding carboxylic acids is 1. The van der Waals surface area contributed by atoms with Gasteiger partial charge in [0.05, 0.1) is 19.3 Å². The normalized spacial score (nSPS) is 11.2. The van der Waals surface area contributed by atoms with Gasteiger partial charge in [-0.05, 0) is 23.3 Å². The number of rotatable bonds is 7. The molecular formula is C21H21F3N4O2. The standard InChI is InChI=1S/C21H21F3N4O2/c1-27(13-18-12-26-28(15-18)14-17-5-3-2-4-6-17)20(29)25-11-16-7-9-19(10-8-16)30-21(22,23)24/h2-10,12,15H,11,13-14H2,1H3,(H,25,29). The molecule has 6 nitrogen and oxygen atoms in total. The molecule has 158 valence electrons. The Hall–Kier alpha value is -3.49. The molecule has 0 aliphatic rings. The van der Waals surface area contributed by atoms with Gasteiger partial charge in [-0.1, -0.05) is 42.5 Å². The summed E-state index contributed by atoms with van der Waals surface area (Å²) in [4.78, 5) is 13.8. The molecule has 1 aromatic heterocycles. The van der Waals surface area contributed by atoms with Gasteiger partial charge in [0.1, 0.15) is 5.75 Å². The molecule has 1 heterocycles. The maximum Gasteiger partial charge on any atom is 0.573 e. The number of urea groups is 1. The predicted molar refractivity (Wildman–Crippen MR) is 105 cm³/mol. The number of carbonyl (C=O) groups is 1. The van der Waals surface area contributed by atoms with E-state index in [1.54, 1.807) is 17.9 Å². The van der Waals surface area contributed by atoms with Gasteiger partial charge in [-0.2, -0.15) is 5.10 Å². The van der Waals surface area contributed by atoms with Crippen LogP contribution >= 0.6 is 0 Å². The van der Waals surface area contributed by atoms with Gasteiger partial charge in [-0.3, -0.25) is 4.68 Å². The Bertz CT molecular complexity index is 956. The van der Waals surface area contributed by atoms with Crippen LogP contribution in [0.15, 0.2) is 67.0 Å². The first-order valence-corrected chi connectivity index (χ1v) is 9.17. The van der Waals surface area contributed by atoms with Crippen LogP contribution in [0.25, 0.3) is 0 Å². The molecule has 0 saturated carbocycles. The quantitative estimate of drug-likeness (QED) is 0.627. The van der Waals surface area contributed by atoms with Gasteiger partial charge in [-0.25, -0.2) is 4.79 Å². The average molecular weight is 418 g/mol. The third-order valence-electron chi connectivity index (χ3n) is 4.24. The van der Waals surface area contributed by atoms with E-state index in [1.165, 1.54) is 29.2 Å². The average Bonchev–Trinajstić information content (AvgIpc) is 3.13. The molecule has 0 fully saturated rings. The molecule has 3 rings (SSSR count). The maximum atomic E-state index is 12.3. The lowest BCUT2D eigenvalue weighted by atomic mass is 10.2. The topological polar surface area (TPSA) is 59.4 Å². The smallest absolute Gasteiger partial charge is 0.406 e. The Balaban J connectivity index is 1.47. The zero-order chi connectivity index (χ0) is 21.6. The fraction of sp³-hybridized carbons (Fsp3) is 0.238. The number of nitrogens with zero attached hydrogens (tertiary/aromatic N) is 3. The maximum absolute atomic E-state index is 12.3. The van der Waals surface area contributed by atoms with E-state index in [0.717, 1.165) is 11.1 Å². The van der Waals surface area contributed by atoms with Crippen molar-refractivity contribution in [1.29, 1.82) is 0 Å². The molecule has 2 aromatic carbocycles. The molecular weight excluding hydrogens is 397 g/mol. The molecule has 0 radical (unpaired) electrons. The Labute approximate surface area is 171 Å². The number of alkyl halides is 3. The highest BCUT2D eigenvalue weighted by atomic mass is 19.4. The highest BCUT2D eigenvalue weighted by Gasteiger charge is 2.30. The molecule has 0 saturated heterocycles. The summed E-state index contributed by atoms with van der Waals surface area (Å²) in [5, 5.41) is 7.05. The van der Waals surface area contributed by atoms with Crippen LogP contribution in [0, 0.1) is 0 Å². The second kappa shape index (κ2) is 9.34. The third-order valence-corrected chi connectivity index (χ3v) is 4.24. The minimum atomic E-state index is -4.73. The van der Waals surface area contributed by atoms with E-state index in [-0.39, 0.29) is 18.3 Å². The Morgan fingerprint density at radius 2 is 1.77 bits per heavy atom. The number of amides is 2. The highest BCUT2D eigenvalue weighted by molar-refractivity contribution is 5.73. The van der Waals surface area contributed by atoms with Crippen molar-refractivity contribution in [2.45, 2.75) is 26.0 Å². The van der Waals surface area contributed by atoms with Gasteiger partial charge in [-0.15, -0.1) is 13.2 Å². The summed E-state index contributed by atoms with van der Waals surface area (Å²) in [6.07, 6.45) is -1.13. The lowest BCUT2D eigenvalue weighted by molar-refractivity contribution is -0.274. The van der Waals surface area contributed by atoms with Gasteiger partial charge in [0.2, 0.25) is 0 Å². The molecule has 0 unspecified atom stereocenters. The summed E-state index contributed by atoms with van der Waals surface area (Å²) in [5.74, 6) is -0.304. The second-order valence-electron chi connectivity index (χ2n) is 6.74. The molecule has 2 amide bonds. The van der Waals surface area contributed by atoms with Crippen molar-refractivity contribution in [3.05, 3.63) is 83.7 Å². The molecule has 0 bridgehead atoms. The van der Waals surface area contributed by atoms with Crippen LogP contribution in [-0.4, -0.2) is 34.1 Å². The van der Waals surface area contributed by atoms with Gasteiger partial charge in [0.15, 0.2) is 0 Å². The van der Waals surface area contributed by atoms with Crippen molar-refractivity contribution in [2.24, 2.45) is 0 Å². The van der Waals surface area contributed by atoms with Crippen molar-refractivity contribution in [1.82, 2.24) is 20.0 Å². The van der Waals surface area contributed by atoms with Crippen LogP contribution in [0.3, 0.4) is 0 Å². The molecule has 9 heteroatoms. The number of halogens is 3. The minimum Gasteiger partial charge on any atom is -0.406 e. The van der Waals surface area contributed by atoms with Crippen molar-refractivity contribution in [3.63, 3.8) is 0 Å². The molecule has 0 aliphatic heterocycles. The number of nitrogens with one attached hydrogen (secondary N) is 1. The summed E-state index contributed by atoms with van der Waals surface area (Å²) in [6, 6.07) is 15.0. The van der Waals surface area contributed by atoms with E-state index >= 15 is 0 Å². The molecule has 3 aromatic rings. The van der Waals surface area contributed by atoms with Crippen LogP contribution in [0.4, 0.5) is 18.0 Å². The van der Waals surface area contributed by atoms with Gasteiger partial charge < -0.3 is 15.0 Å². The first-order valence-electron chi connectivity index (χ1n) is 9.17. The zero-order valence-corrected chi connectivity index (χ0v) is 16.3. The van der Waals surface area contributed by atoms with Gasteiger partial charge in [0, 0.05) is 25.4 Å². The molecule has 0 aliphatic carbocycles. The largest absolute Gasteiger partial charge is 0.573 e. The number of hydrogen-bond donors (Lipinski definition) is 1. The van der Waals surface area contributed by atoms with Gasteiger partial charge in [0.25, 0.3) is 0 Å². The molecule has 30 heavy (non-hydrogen) atoms. The third kappa shape index (κ3) is 6.54. The van der Waals surface area contributed by atoms with E-state index in [9.17, 15) is 18.0 Å². The lowest BCUT2D eigenvalue weighted by Crippen LogP contribution is -2.36. The number of aromatic nitrogens is 2. The fourth-order valence-corrected chi connectivity index (χ4v) is 2.81. The Morgan fingerprint density at radius 1 is 1.07 bits per heavy atom. The Kier molecular flexibility index (Phi) is 6.61. The summed E-state index contributed by atoms with van der Waals surface area (Å²) in [5.41, 5.74) is 2.67.